The molecule has 0 aliphatic carbocycles. The maximum atomic E-state index is 11.9. The molecule has 0 aliphatic rings. The second-order valence-corrected chi connectivity index (χ2v) is 5.23. The second kappa shape index (κ2) is 9.09. The maximum Gasteiger partial charge on any atom is 0.341 e. The fourth-order valence-electron chi connectivity index (χ4n) is 1.76. The number of rotatable bonds is 7. The average molecular weight is 343 g/mol. The van der Waals surface area contributed by atoms with Crippen LogP contribution in [0.15, 0.2) is 18.3 Å². The topological polar surface area (TPSA) is 94.6 Å². The van der Waals surface area contributed by atoms with Gasteiger partial charge in [-0.25, -0.2) is 14.6 Å². The lowest BCUT2D eigenvalue weighted by Crippen LogP contribution is -2.47. The summed E-state index contributed by atoms with van der Waals surface area (Å²) in [6, 6.07) is 2.17. The van der Waals surface area contributed by atoms with Gasteiger partial charge in [-0.3, -0.25) is 4.79 Å². The van der Waals surface area contributed by atoms with Crippen LogP contribution >= 0.6 is 11.6 Å². The second-order valence-electron chi connectivity index (χ2n) is 4.87. The predicted molar refractivity (Wildman–Crippen MR) is 82.9 cm³/mol. The van der Waals surface area contributed by atoms with Gasteiger partial charge in [0.05, 0.1) is 12.7 Å². The van der Waals surface area contributed by atoms with Crippen molar-refractivity contribution in [1.29, 1.82) is 0 Å². The van der Waals surface area contributed by atoms with E-state index in [0.717, 1.165) is 0 Å². The van der Waals surface area contributed by atoms with Crippen molar-refractivity contribution in [3.8, 4) is 0 Å². The molecule has 1 heterocycles. The van der Waals surface area contributed by atoms with Gasteiger partial charge in [0.2, 0.25) is 0 Å². The van der Waals surface area contributed by atoms with Crippen LogP contribution in [0.5, 0.6) is 0 Å². The quantitative estimate of drug-likeness (QED) is 0.597. The van der Waals surface area contributed by atoms with Crippen LogP contribution in [0.25, 0.3) is 0 Å². The van der Waals surface area contributed by atoms with Gasteiger partial charge in [0, 0.05) is 6.20 Å². The summed E-state index contributed by atoms with van der Waals surface area (Å²) < 4.78 is 9.53. The number of carbonyl (C=O) groups excluding carboxylic acids is 3. The van der Waals surface area contributed by atoms with E-state index in [1.807, 2.05) is 13.8 Å². The van der Waals surface area contributed by atoms with Gasteiger partial charge in [0.1, 0.15) is 11.2 Å². The molecule has 0 saturated heterocycles. The van der Waals surface area contributed by atoms with Crippen LogP contribution in [0.4, 0.5) is 0 Å². The highest BCUT2D eigenvalue weighted by Crippen LogP contribution is 2.13. The van der Waals surface area contributed by atoms with Crippen molar-refractivity contribution in [2.24, 2.45) is 5.92 Å². The molecule has 0 aliphatic heterocycles. The number of esters is 2. The Morgan fingerprint density at radius 1 is 1.39 bits per heavy atom. The van der Waals surface area contributed by atoms with E-state index in [1.165, 1.54) is 25.4 Å². The van der Waals surface area contributed by atoms with E-state index in [0.29, 0.717) is 6.42 Å². The Labute approximate surface area is 139 Å². The monoisotopic (exact) mass is 342 g/mol. The van der Waals surface area contributed by atoms with Gasteiger partial charge in [-0.15, -0.1) is 0 Å². The molecule has 126 valence electrons. The molecule has 1 rings (SSSR count). The third-order valence-corrected chi connectivity index (χ3v) is 3.60. The summed E-state index contributed by atoms with van der Waals surface area (Å²) >= 11 is 5.77. The van der Waals surface area contributed by atoms with E-state index in [4.69, 9.17) is 16.3 Å². The zero-order chi connectivity index (χ0) is 17.4. The first-order valence-corrected chi connectivity index (χ1v) is 7.43. The summed E-state index contributed by atoms with van der Waals surface area (Å²) in [7, 11) is 1.24. The van der Waals surface area contributed by atoms with Crippen LogP contribution in [0.3, 0.4) is 0 Å². The van der Waals surface area contributed by atoms with Crippen LogP contribution in [0.1, 0.15) is 30.6 Å². The molecule has 23 heavy (non-hydrogen) atoms. The van der Waals surface area contributed by atoms with E-state index < -0.39 is 30.5 Å². The third kappa shape index (κ3) is 5.52. The van der Waals surface area contributed by atoms with Crippen molar-refractivity contribution < 1.29 is 23.9 Å². The zero-order valence-electron chi connectivity index (χ0n) is 13.2. The minimum Gasteiger partial charge on any atom is -0.467 e. The molecule has 2 atom stereocenters. The number of hydrogen-bond acceptors (Lipinski definition) is 6. The van der Waals surface area contributed by atoms with E-state index in [2.05, 4.69) is 15.0 Å². The van der Waals surface area contributed by atoms with E-state index >= 15 is 0 Å². The summed E-state index contributed by atoms with van der Waals surface area (Å²) in [5.74, 6) is -2.03. The first-order valence-electron chi connectivity index (χ1n) is 7.05. The SMILES string of the molecule is CC[C@H](C)[C@@H](NC(=O)COC(=O)c1cccnc1Cl)C(=O)OC. The van der Waals surface area contributed by atoms with Crippen molar-refractivity contribution in [2.45, 2.75) is 26.3 Å². The number of methoxy groups -OCH3 is 1. The lowest BCUT2D eigenvalue weighted by molar-refractivity contribution is -0.147. The third-order valence-electron chi connectivity index (χ3n) is 3.30. The first-order chi connectivity index (χ1) is 10.9. The Bertz CT molecular complexity index is 579. The van der Waals surface area contributed by atoms with Crippen LogP contribution in [0.2, 0.25) is 5.15 Å². The van der Waals surface area contributed by atoms with Crippen LogP contribution in [0, 0.1) is 5.92 Å². The molecule has 1 amide bonds. The zero-order valence-corrected chi connectivity index (χ0v) is 13.9. The molecule has 1 aromatic rings. The smallest absolute Gasteiger partial charge is 0.341 e. The Morgan fingerprint density at radius 3 is 2.65 bits per heavy atom. The molecular formula is C15H19ClN2O5. The summed E-state index contributed by atoms with van der Waals surface area (Å²) in [5.41, 5.74) is 0.0633. The number of halogens is 1. The number of nitrogens with one attached hydrogen (secondary N) is 1. The van der Waals surface area contributed by atoms with Gasteiger partial charge in [-0.2, -0.15) is 0 Å². The van der Waals surface area contributed by atoms with E-state index in [1.54, 1.807) is 0 Å². The van der Waals surface area contributed by atoms with Crippen molar-refractivity contribution in [3.05, 3.63) is 29.0 Å². The lowest BCUT2D eigenvalue weighted by Gasteiger charge is -2.21. The molecule has 0 bridgehead atoms. The summed E-state index contributed by atoms with van der Waals surface area (Å²) in [5, 5.41) is 2.49. The number of nitrogens with zero attached hydrogens (tertiary/aromatic N) is 1. The van der Waals surface area contributed by atoms with Gasteiger partial charge in [0.25, 0.3) is 5.91 Å². The van der Waals surface area contributed by atoms with Crippen molar-refractivity contribution in [1.82, 2.24) is 10.3 Å². The Hall–Kier alpha value is -2.15. The number of amides is 1. The van der Waals surface area contributed by atoms with Crippen LogP contribution in [-0.4, -0.2) is 42.6 Å². The molecule has 0 spiro atoms. The molecule has 1 N–H and O–H groups in total. The number of hydrogen-bond donors (Lipinski definition) is 1. The van der Waals surface area contributed by atoms with Crippen LogP contribution < -0.4 is 5.32 Å². The maximum absolute atomic E-state index is 11.9. The summed E-state index contributed by atoms with van der Waals surface area (Å²) in [4.78, 5) is 39.1. The van der Waals surface area contributed by atoms with Gasteiger partial charge in [-0.1, -0.05) is 31.9 Å². The summed E-state index contributed by atoms with van der Waals surface area (Å²) in [6.07, 6.45) is 2.10. The number of pyridine rings is 1. The molecule has 8 heteroatoms. The Balaban J connectivity index is 2.60. The Morgan fingerprint density at radius 2 is 2.09 bits per heavy atom. The molecule has 0 unspecified atom stereocenters. The van der Waals surface area contributed by atoms with E-state index in [9.17, 15) is 14.4 Å². The minimum absolute atomic E-state index is 0.00930. The van der Waals surface area contributed by atoms with Crippen molar-refractivity contribution in [2.75, 3.05) is 13.7 Å². The van der Waals surface area contributed by atoms with Gasteiger partial charge in [0.15, 0.2) is 6.61 Å². The predicted octanol–water partition coefficient (Wildman–Crippen LogP) is 1.60. The molecule has 0 fully saturated rings. The largest absolute Gasteiger partial charge is 0.467 e. The molecule has 7 nitrogen and oxygen atoms in total. The number of ether oxygens (including phenoxy) is 2. The minimum atomic E-state index is -0.793. The van der Waals surface area contributed by atoms with Crippen molar-refractivity contribution in [3.63, 3.8) is 0 Å². The van der Waals surface area contributed by atoms with Gasteiger partial charge < -0.3 is 14.8 Å². The highest BCUT2D eigenvalue weighted by Gasteiger charge is 2.27. The lowest BCUT2D eigenvalue weighted by atomic mass is 9.99. The molecule has 0 aromatic carbocycles. The molecule has 1 aromatic heterocycles. The van der Waals surface area contributed by atoms with Gasteiger partial charge >= 0.3 is 11.9 Å². The standard InChI is InChI=1S/C15H19ClN2O5/c1-4-9(2)12(15(21)22-3)18-11(19)8-23-14(20)10-6-5-7-17-13(10)16/h5-7,9,12H,4,8H2,1-3H3,(H,18,19)/t9-,12+/m0/s1. The Kier molecular flexibility index (Phi) is 7.47. The van der Waals surface area contributed by atoms with Gasteiger partial charge in [-0.05, 0) is 18.1 Å². The molecular weight excluding hydrogens is 324 g/mol. The highest BCUT2D eigenvalue weighted by atomic mass is 35.5. The fourth-order valence-corrected chi connectivity index (χ4v) is 1.95. The summed E-state index contributed by atoms with van der Waals surface area (Å²) in [6.45, 7) is 3.16. The molecule has 0 saturated carbocycles. The first kappa shape index (κ1) is 18.9. The number of aromatic nitrogens is 1. The average Bonchev–Trinajstić information content (AvgIpc) is 2.56. The highest BCUT2D eigenvalue weighted by molar-refractivity contribution is 6.32. The van der Waals surface area contributed by atoms with Crippen LogP contribution in [-0.2, 0) is 19.1 Å². The van der Waals surface area contributed by atoms with E-state index in [-0.39, 0.29) is 16.6 Å². The number of carbonyl (C=O) groups is 3. The van der Waals surface area contributed by atoms with Crippen molar-refractivity contribution >= 4 is 29.4 Å². The normalized spacial score (nSPS) is 12.9. The fraction of sp³-hybridized carbons (Fsp3) is 0.467. The molecule has 0 radical (unpaired) electrons.